The monoisotopic (exact) mass is 520 g/mol. The van der Waals surface area contributed by atoms with Gasteiger partial charge in [0.1, 0.15) is 17.6 Å². The fourth-order valence-electron chi connectivity index (χ4n) is 3.60. The lowest BCUT2D eigenvalue weighted by atomic mass is 10.0. The van der Waals surface area contributed by atoms with E-state index in [4.69, 9.17) is 11.6 Å². The number of nitrogens with one attached hydrogen (secondary N) is 2. The third-order valence-corrected chi connectivity index (χ3v) is 5.51. The van der Waals surface area contributed by atoms with E-state index in [1.807, 2.05) is 0 Å². The van der Waals surface area contributed by atoms with Crippen LogP contribution in [0.1, 0.15) is 28.0 Å². The molecule has 1 atom stereocenters. The summed E-state index contributed by atoms with van der Waals surface area (Å²) < 4.78 is 41.0. The highest BCUT2D eigenvalue weighted by molar-refractivity contribution is 6.32. The van der Waals surface area contributed by atoms with Gasteiger partial charge in [-0.05, 0) is 36.7 Å². The van der Waals surface area contributed by atoms with E-state index >= 15 is 0 Å². The number of rotatable bonds is 6. The van der Waals surface area contributed by atoms with Gasteiger partial charge in [0.2, 0.25) is 0 Å². The van der Waals surface area contributed by atoms with Crippen LogP contribution in [0.2, 0.25) is 5.02 Å². The predicted molar refractivity (Wildman–Crippen MR) is 124 cm³/mol. The zero-order valence-corrected chi connectivity index (χ0v) is 19.0. The van der Waals surface area contributed by atoms with Crippen molar-refractivity contribution in [1.82, 2.24) is 20.1 Å². The average molecular weight is 521 g/mol. The number of carbonyl (C=O) groups is 1. The molecule has 186 valence electrons. The molecule has 1 amide bonds. The molecule has 2 aromatic carbocycles. The number of amides is 1. The van der Waals surface area contributed by atoms with E-state index in [9.17, 15) is 33.2 Å². The molecule has 0 saturated carbocycles. The van der Waals surface area contributed by atoms with Gasteiger partial charge in [-0.3, -0.25) is 20.2 Å². The second kappa shape index (κ2) is 9.53. The minimum Gasteiger partial charge on any atom is -0.374 e. The Labute approximate surface area is 205 Å². The van der Waals surface area contributed by atoms with Crippen molar-refractivity contribution in [2.24, 2.45) is 0 Å². The molecule has 0 fully saturated rings. The van der Waals surface area contributed by atoms with Crippen LogP contribution < -0.4 is 10.6 Å². The number of nitrogens with zero attached hydrogens (tertiary/aromatic N) is 4. The van der Waals surface area contributed by atoms with Crippen molar-refractivity contribution < 1.29 is 28.0 Å². The summed E-state index contributed by atoms with van der Waals surface area (Å²) in [6.45, 7) is 0. The summed E-state index contributed by atoms with van der Waals surface area (Å²) in [6, 6.07) is 10.9. The van der Waals surface area contributed by atoms with Gasteiger partial charge in [-0.15, -0.1) is 0 Å². The molecule has 2 heterocycles. The second-order valence-electron chi connectivity index (χ2n) is 7.45. The Morgan fingerprint density at radius 2 is 1.94 bits per heavy atom. The number of hydrogen-bond acceptors (Lipinski definition) is 7. The number of aliphatic hydroxyl groups excluding tert-OH is 1. The lowest BCUT2D eigenvalue weighted by Gasteiger charge is -2.18. The number of hydrogen-bond donors (Lipinski definition) is 3. The molecule has 0 saturated heterocycles. The Balaban J connectivity index is 1.92. The number of nitro groups is 1. The lowest BCUT2D eigenvalue weighted by Crippen LogP contribution is -2.22. The minimum atomic E-state index is -4.91. The highest BCUT2D eigenvalue weighted by Crippen LogP contribution is 2.39. The summed E-state index contributed by atoms with van der Waals surface area (Å²) in [5, 5.41) is 31.2. The van der Waals surface area contributed by atoms with Gasteiger partial charge in [-0.2, -0.15) is 18.3 Å². The Kier molecular flexibility index (Phi) is 6.63. The van der Waals surface area contributed by atoms with Gasteiger partial charge in [0, 0.05) is 17.8 Å². The van der Waals surface area contributed by atoms with Crippen LogP contribution in [0.3, 0.4) is 0 Å². The standard InChI is InChI=1S/C22H16ClF3N6O4/c1-27-20(33)13-9-11-5-2-3-6-12(11)18(32(35)36)17(13)29-21(34)15-10-16(22(24,25)26)30-31(15)19-14(23)7-4-8-28-19/h2-10,20,27,33H,1H3,(H,29,34). The number of halogens is 4. The zero-order valence-electron chi connectivity index (χ0n) is 18.2. The number of carbonyl (C=O) groups excluding carboxylic acids is 1. The van der Waals surface area contributed by atoms with Crippen molar-refractivity contribution >= 4 is 39.7 Å². The van der Waals surface area contributed by atoms with Crippen molar-refractivity contribution in [3.8, 4) is 5.82 Å². The SMILES string of the molecule is CNC(O)c1cc2ccccc2c([N+](=O)[O-])c1NC(=O)c1cc(C(F)(F)F)nn1-c1ncccc1Cl. The molecule has 4 aromatic rings. The van der Waals surface area contributed by atoms with Crippen LogP contribution >= 0.6 is 11.6 Å². The molecule has 10 nitrogen and oxygen atoms in total. The van der Waals surface area contributed by atoms with Gasteiger partial charge in [0.25, 0.3) is 5.91 Å². The number of anilines is 1. The quantitative estimate of drug-likeness (QED) is 0.194. The normalized spacial score (nSPS) is 12.5. The van der Waals surface area contributed by atoms with E-state index < -0.39 is 46.0 Å². The summed E-state index contributed by atoms with van der Waals surface area (Å²) in [5.74, 6) is -1.44. The summed E-state index contributed by atoms with van der Waals surface area (Å²) in [6.07, 6.45) is -5.12. The Morgan fingerprint density at radius 1 is 1.22 bits per heavy atom. The van der Waals surface area contributed by atoms with Gasteiger partial charge in [0.05, 0.1) is 15.3 Å². The van der Waals surface area contributed by atoms with E-state index in [0.29, 0.717) is 16.1 Å². The zero-order chi connectivity index (χ0) is 26.2. The van der Waals surface area contributed by atoms with Crippen molar-refractivity contribution in [3.63, 3.8) is 0 Å². The topological polar surface area (TPSA) is 135 Å². The van der Waals surface area contributed by atoms with Gasteiger partial charge in [-0.1, -0.05) is 29.8 Å². The Hall–Kier alpha value is -4.07. The first-order valence-electron chi connectivity index (χ1n) is 10.2. The Bertz CT molecular complexity index is 1490. The fraction of sp³-hybridized carbons (Fsp3) is 0.136. The molecule has 0 bridgehead atoms. The number of benzene rings is 2. The highest BCUT2D eigenvalue weighted by atomic mass is 35.5. The first-order valence-corrected chi connectivity index (χ1v) is 10.6. The molecule has 0 aliphatic rings. The maximum atomic E-state index is 13.5. The number of pyridine rings is 1. The van der Waals surface area contributed by atoms with Crippen LogP contribution in [0.4, 0.5) is 24.5 Å². The number of nitro benzene ring substituents is 1. The first-order chi connectivity index (χ1) is 17.0. The number of aromatic nitrogens is 3. The average Bonchev–Trinajstić information content (AvgIpc) is 3.29. The molecule has 14 heteroatoms. The van der Waals surface area contributed by atoms with Gasteiger partial charge in [0.15, 0.2) is 11.5 Å². The highest BCUT2D eigenvalue weighted by Gasteiger charge is 2.37. The fourth-order valence-corrected chi connectivity index (χ4v) is 3.80. The Morgan fingerprint density at radius 3 is 2.58 bits per heavy atom. The van der Waals surface area contributed by atoms with E-state index in [-0.39, 0.29) is 21.8 Å². The van der Waals surface area contributed by atoms with E-state index in [0.717, 1.165) is 0 Å². The predicted octanol–water partition coefficient (Wildman–Crippen LogP) is 4.46. The van der Waals surface area contributed by atoms with Crippen LogP contribution in [0.5, 0.6) is 0 Å². The molecule has 0 spiro atoms. The van der Waals surface area contributed by atoms with Crippen LogP contribution in [0, 0.1) is 10.1 Å². The summed E-state index contributed by atoms with van der Waals surface area (Å²) in [7, 11) is 1.38. The molecule has 3 N–H and O–H groups in total. The molecule has 36 heavy (non-hydrogen) atoms. The smallest absolute Gasteiger partial charge is 0.374 e. The van der Waals surface area contributed by atoms with Crippen LogP contribution in [-0.4, -0.2) is 37.7 Å². The molecule has 4 rings (SSSR count). The number of alkyl halides is 3. The number of aliphatic hydroxyl groups is 1. The second-order valence-corrected chi connectivity index (χ2v) is 7.85. The third-order valence-electron chi connectivity index (χ3n) is 5.21. The molecular weight excluding hydrogens is 505 g/mol. The minimum absolute atomic E-state index is 0.0748. The number of fused-ring (bicyclic) bond motifs is 1. The van der Waals surface area contributed by atoms with Crippen molar-refractivity contribution in [2.75, 3.05) is 12.4 Å². The molecule has 0 aliphatic carbocycles. The molecule has 0 aliphatic heterocycles. The lowest BCUT2D eigenvalue weighted by molar-refractivity contribution is -0.382. The van der Waals surface area contributed by atoms with Crippen LogP contribution in [-0.2, 0) is 6.18 Å². The van der Waals surface area contributed by atoms with Crippen molar-refractivity contribution in [3.05, 3.63) is 86.8 Å². The first kappa shape index (κ1) is 25.0. The van der Waals surface area contributed by atoms with E-state index in [1.165, 1.54) is 37.5 Å². The summed E-state index contributed by atoms with van der Waals surface area (Å²) in [5.41, 5.74) is -3.08. The van der Waals surface area contributed by atoms with Crippen LogP contribution in [0.25, 0.3) is 16.6 Å². The van der Waals surface area contributed by atoms with Crippen molar-refractivity contribution in [2.45, 2.75) is 12.4 Å². The third kappa shape index (κ3) is 4.58. The van der Waals surface area contributed by atoms with E-state index in [2.05, 4.69) is 20.7 Å². The van der Waals surface area contributed by atoms with E-state index in [1.54, 1.807) is 18.2 Å². The largest absolute Gasteiger partial charge is 0.435 e. The molecule has 2 aromatic heterocycles. The molecular formula is C22H16ClF3N6O4. The van der Waals surface area contributed by atoms with Gasteiger partial charge < -0.3 is 10.4 Å². The molecule has 1 unspecified atom stereocenters. The maximum absolute atomic E-state index is 13.5. The van der Waals surface area contributed by atoms with Crippen LogP contribution in [0.15, 0.2) is 54.7 Å². The van der Waals surface area contributed by atoms with Crippen molar-refractivity contribution in [1.29, 1.82) is 0 Å². The van der Waals surface area contributed by atoms with Gasteiger partial charge >= 0.3 is 11.9 Å². The maximum Gasteiger partial charge on any atom is 0.435 e. The molecule has 0 radical (unpaired) electrons. The summed E-state index contributed by atoms with van der Waals surface area (Å²) in [4.78, 5) is 28.5. The summed E-state index contributed by atoms with van der Waals surface area (Å²) >= 11 is 6.07. The van der Waals surface area contributed by atoms with Gasteiger partial charge in [-0.25, -0.2) is 9.67 Å².